The van der Waals surface area contributed by atoms with Crippen LogP contribution in [-0.2, 0) is 4.79 Å². The summed E-state index contributed by atoms with van der Waals surface area (Å²) >= 11 is 0. The van der Waals surface area contributed by atoms with Crippen molar-refractivity contribution < 1.29 is 4.79 Å². The molecule has 0 aliphatic heterocycles. The van der Waals surface area contributed by atoms with E-state index >= 15 is 0 Å². The van der Waals surface area contributed by atoms with E-state index in [1.54, 1.807) is 36.5 Å². The number of nitriles is 1. The monoisotopic (exact) mass is 299 g/mol. The fourth-order valence-electron chi connectivity index (χ4n) is 2.28. The van der Waals surface area contributed by atoms with E-state index in [1.807, 2.05) is 36.4 Å². The van der Waals surface area contributed by atoms with Crippen LogP contribution in [0.15, 0.2) is 66.9 Å². The normalized spacial score (nSPS) is 10.6. The van der Waals surface area contributed by atoms with Gasteiger partial charge in [0, 0.05) is 28.9 Å². The summed E-state index contributed by atoms with van der Waals surface area (Å²) in [6, 6.07) is 18.5. The zero-order valence-electron chi connectivity index (χ0n) is 12.2. The van der Waals surface area contributed by atoms with E-state index in [0.29, 0.717) is 11.3 Å². The molecule has 0 bridgehead atoms. The number of para-hydroxylation sites is 1. The van der Waals surface area contributed by atoms with E-state index in [-0.39, 0.29) is 5.91 Å². The first-order chi connectivity index (χ1) is 11.3. The number of aromatic nitrogens is 1. The molecule has 1 amide bonds. The Bertz CT molecular complexity index is 933. The van der Waals surface area contributed by atoms with Crippen LogP contribution in [0.5, 0.6) is 0 Å². The number of carbonyl (C=O) groups excluding carboxylic acids is 1. The van der Waals surface area contributed by atoms with Crippen LogP contribution in [0.4, 0.5) is 5.69 Å². The van der Waals surface area contributed by atoms with E-state index < -0.39 is 0 Å². The molecule has 0 unspecified atom stereocenters. The molecule has 0 aliphatic rings. The summed E-state index contributed by atoms with van der Waals surface area (Å²) in [6.45, 7) is 0. The summed E-state index contributed by atoms with van der Waals surface area (Å²) < 4.78 is 0. The molecule has 110 valence electrons. The van der Waals surface area contributed by atoms with Gasteiger partial charge < -0.3 is 5.32 Å². The van der Waals surface area contributed by atoms with E-state index in [1.165, 1.54) is 6.08 Å². The van der Waals surface area contributed by atoms with Crippen LogP contribution in [0.2, 0.25) is 0 Å². The number of nitrogens with zero attached hydrogens (tertiary/aromatic N) is 2. The average molecular weight is 299 g/mol. The molecule has 0 saturated heterocycles. The first-order valence-electron chi connectivity index (χ1n) is 7.09. The first-order valence-corrected chi connectivity index (χ1v) is 7.09. The molecule has 1 aromatic heterocycles. The molecule has 0 radical (unpaired) electrons. The van der Waals surface area contributed by atoms with E-state index in [0.717, 1.165) is 16.5 Å². The fourth-order valence-corrected chi connectivity index (χ4v) is 2.28. The highest BCUT2D eigenvalue weighted by molar-refractivity contribution is 6.03. The maximum atomic E-state index is 12.0. The Morgan fingerprint density at radius 3 is 2.83 bits per heavy atom. The number of carbonyl (C=O) groups is 1. The van der Waals surface area contributed by atoms with Gasteiger partial charge >= 0.3 is 0 Å². The molecule has 0 saturated carbocycles. The zero-order chi connectivity index (χ0) is 16.1. The van der Waals surface area contributed by atoms with Gasteiger partial charge in [-0.1, -0.05) is 30.3 Å². The average Bonchev–Trinajstić information content (AvgIpc) is 2.60. The zero-order valence-corrected chi connectivity index (χ0v) is 12.2. The lowest BCUT2D eigenvalue weighted by molar-refractivity contribution is -0.111. The number of nitrogens with one attached hydrogen (secondary N) is 1. The number of anilines is 1. The van der Waals surface area contributed by atoms with Gasteiger partial charge in [0.15, 0.2) is 0 Å². The molecule has 23 heavy (non-hydrogen) atoms. The van der Waals surface area contributed by atoms with Crippen LogP contribution in [0.25, 0.3) is 17.0 Å². The second kappa shape index (κ2) is 6.54. The summed E-state index contributed by atoms with van der Waals surface area (Å²) in [7, 11) is 0. The van der Waals surface area contributed by atoms with Gasteiger partial charge in [0.25, 0.3) is 0 Å². The number of benzene rings is 2. The number of fused-ring (bicyclic) bond motifs is 1. The van der Waals surface area contributed by atoms with Crippen LogP contribution in [0, 0.1) is 11.3 Å². The number of hydrogen-bond acceptors (Lipinski definition) is 3. The molecule has 0 atom stereocenters. The summed E-state index contributed by atoms with van der Waals surface area (Å²) in [5, 5.41) is 12.6. The third-order valence-electron chi connectivity index (χ3n) is 3.34. The van der Waals surface area contributed by atoms with Gasteiger partial charge in [0.1, 0.15) is 0 Å². The van der Waals surface area contributed by atoms with Crippen molar-refractivity contribution >= 4 is 28.6 Å². The van der Waals surface area contributed by atoms with Crippen LogP contribution in [0.1, 0.15) is 11.1 Å². The molecule has 2 aromatic carbocycles. The Morgan fingerprint density at radius 2 is 1.96 bits per heavy atom. The number of rotatable bonds is 3. The summed E-state index contributed by atoms with van der Waals surface area (Å²) in [6.07, 6.45) is 4.93. The van der Waals surface area contributed by atoms with E-state index in [4.69, 9.17) is 5.26 Å². The molecule has 0 spiro atoms. The summed E-state index contributed by atoms with van der Waals surface area (Å²) in [5.74, 6) is -0.256. The predicted molar refractivity (Wildman–Crippen MR) is 90.6 cm³/mol. The Hall–Kier alpha value is -3.45. The van der Waals surface area contributed by atoms with Crippen molar-refractivity contribution in [1.29, 1.82) is 5.26 Å². The summed E-state index contributed by atoms with van der Waals surface area (Å²) in [4.78, 5) is 16.4. The number of amides is 1. The third kappa shape index (κ3) is 3.42. The van der Waals surface area contributed by atoms with Crippen molar-refractivity contribution in [3.63, 3.8) is 0 Å². The molecular formula is C19H13N3O. The van der Waals surface area contributed by atoms with Crippen molar-refractivity contribution in [2.24, 2.45) is 0 Å². The van der Waals surface area contributed by atoms with Gasteiger partial charge in [-0.05, 0) is 30.3 Å². The topological polar surface area (TPSA) is 65.8 Å². The lowest BCUT2D eigenvalue weighted by atomic mass is 10.1. The SMILES string of the molecule is N#Cc1cccc(NC(=O)/C=C/c2cccc3cccnc23)c1. The van der Waals surface area contributed by atoms with Crippen LogP contribution in [-0.4, -0.2) is 10.9 Å². The maximum Gasteiger partial charge on any atom is 0.248 e. The molecular weight excluding hydrogens is 286 g/mol. The van der Waals surface area contributed by atoms with Gasteiger partial charge in [-0.3, -0.25) is 9.78 Å². The van der Waals surface area contributed by atoms with Crippen molar-refractivity contribution in [2.75, 3.05) is 5.32 Å². The largest absolute Gasteiger partial charge is 0.322 e. The van der Waals surface area contributed by atoms with E-state index in [9.17, 15) is 4.79 Å². The Morgan fingerprint density at radius 1 is 1.13 bits per heavy atom. The van der Waals surface area contributed by atoms with Crippen LogP contribution < -0.4 is 5.32 Å². The molecule has 3 rings (SSSR count). The van der Waals surface area contributed by atoms with Crippen molar-refractivity contribution in [3.05, 3.63) is 78.0 Å². The van der Waals surface area contributed by atoms with Crippen molar-refractivity contribution in [1.82, 2.24) is 4.98 Å². The molecule has 3 aromatic rings. The van der Waals surface area contributed by atoms with Crippen LogP contribution in [0.3, 0.4) is 0 Å². The lowest BCUT2D eigenvalue weighted by Crippen LogP contribution is -2.07. The van der Waals surface area contributed by atoms with Gasteiger partial charge in [0.2, 0.25) is 5.91 Å². The van der Waals surface area contributed by atoms with Crippen molar-refractivity contribution in [3.8, 4) is 6.07 Å². The second-order valence-electron chi connectivity index (χ2n) is 4.94. The van der Waals surface area contributed by atoms with Crippen LogP contribution >= 0.6 is 0 Å². The molecule has 1 N–H and O–H groups in total. The Labute approximate surface area is 133 Å². The molecule has 0 fully saturated rings. The second-order valence-corrected chi connectivity index (χ2v) is 4.94. The highest BCUT2D eigenvalue weighted by Crippen LogP contribution is 2.17. The minimum absolute atomic E-state index is 0.256. The number of hydrogen-bond donors (Lipinski definition) is 1. The summed E-state index contributed by atoms with van der Waals surface area (Å²) in [5.41, 5.74) is 2.83. The number of pyridine rings is 1. The minimum Gasteiger partial charge on any atom is -0.322 e. The van der Waals surface area contributed by atoms with Crippen molar-refractivity contribution in [2.45, 2.75) is 0 Å². The minimum atomic E-state index is -0.256. The molecule has 0 aliphatic carbocycles. The fraction of sp³-hybridized carbons (Fsp3) is 0. The Kier molecular flexibility index (Phi) is 4.12. The van der Waals surface area contributed by atoms with Gasteiger partial charge in [-0.2, -0.15) is 5.26 Å². The molecule has 1 heterocycles. The lowest BCUT2D eigenvalue weighted by Gasteiger charge is -2.03. The first kappa shape index (κ1) is 14.5. The highest BCUT2D eigenvalue weighted by Gasteiger charge is 2.01. The standard InChI is InChI=1S/C19H13N3O/c20-13-14-4-1-8-17(12-14)22-18(23)10-9-16-6-2-5-15-7-3-11-21-19(15)16/h1-12H,(H,22,23)/b10-9+. The quantitative estimate of drug-likeness (QED) is 0.749. The predicted octanol–water partition coefficient (Wildman–Crippen LogP) is 3.76. The van der Waals surface area contributed by atoms with Gasteiger partial charge in [0.05, 0.1) is 17.1 Å². The highest BCUT2D eigenvalue weighted by atomic mass is 16.1. The third-order valence-corrected chi connectivity index (χ3v) is 3.34. The molecule has 4 nitrogen and oxygen atoms in total. The van der Waals surface area contributed by atoms with Gasteiger partial charge in [-0.15, -0.1) is 0 Å². The van der Waals surface area contributed by atoms with E-state index in [2.05, 4.69) is 10.3 Å². The van der Waals surface area contributed by atoms with Gasteiger partial charge in [-0.25, -0.2) is 0 Å². The maximum absolute atomic E-state index is 12.0. The molecule has 4 heteroatoms. The smallest absolute Gasteiger partial charge is 0.248 e. The Balaban J connectivity index is 1.79.